The van der Waals surface area contributed by atoms with Crippen LogP contribution in [0.15, 0.2) is 57.1 Å². The summed E-state index contributed by atoms with van der Waals surface area (Å²) in [6, 6.07) is 12.0. The van der Waals surface area contributed by atoms with Crippen molar-refractivity contribution >= 4 is 35.1 Å². The number of nitrogens with zero attached hydrogens (tertiary/aromatic N) is 2. The minimum absolute atomic E-state index is 0.227. The molecule has 3 aromatic rings. The molecule has 0 saturated carbocycles. The summed E-state index contributed by atoms with van der Waals surface area (Å²) in [4.78, 5) is 11.3. The zero-order chi connectivity index (χ0) is 16.8. The minimum atomic E-state index is 0.227. The smallest absolute Gasteiger partial charge is 0.133 e. The Bertz CT molecular complexity index is 767. The Kier molecular flexibility index (Phi) is 5.56. The quantitative estimate of drug-likeness (QED) is 0.618. The summed E-state index contributed by atoms with van der Waals surface area (Å²) in [6.45, 7) is 3.27. The zero-order valence-corrected chi connectivity index (χ0v) is 15.0. The van der Waals surface area contributed by atoms with Gasteiger partial charge in [-0.25, -0.2) is 0 Å². The molecule has 0 radical (unpaired) electrons. The van der Waals surface area contributed by atoms with Crippen LogP contribution in [-0.4, -0.2) is 17.5 Å². The average Bonchev–Trinajstić information content (AvgIpc) is 3.25. The maximum absolute atomic E-state index is 10.5. The molecule has 3 nitrogen and oxygen atoms in total. The summed E-state index contributed by atoms with van der Waals surface area (Å²) in [5.41, 5.74) is 2.52. The maximum atomic E-state index is 10.5. The number of aromatic hydroxyl groups is 1. The van der Waals surface area contributed by atoms with Crippen molar-refractivity contribution in [2.24, 2.45) is 9.98 Å². The summed E-state index contributed by atoms with van der Waals surface area (Å²) >= 11 is 3.36. The molecule has 0 aliphatic rings. The number of rotatable bonds is 6. The molecule has 0 spiro atoms. The molecule has 0 atom stereocenters. The van der Waals surface area contributed by atoms with E-state index in [9.17, 15) is 5.11 Å². The van der Waals surface area contributed by atoms with Gasteiger partial charge in [0.25, 0.3) is 0 Å². The molecule has 3 rings (SSSR count). The molecule has 5 heteroatoms. The number of hydrogen-bond acceptors (Lipinski definition) is 5. The largest absolute Gasteiger partial charge is 0.507 e. The Labute approximate surface area is 149 Å². The van der Waals surface area contributed by atoms with Crippen molar-refractivity contribution in [1.82, 2.24) is 0 Å². The highest BCUT2D eigenvalue weighted by molar-refractivity contribution is 7.10. The molecule has 0 amide bonds. The first-order chi connectivity index (χ1) is 11.7. The number of aliphatic imine (C=N–C) groups is 2. The van der Waals surface area contributed by atoms with Crippen molar-refractivity contribution in [3.8, 4) is 5.75 Å². The highest BCUT2D eigenvalue weighted by atomic mass is 32.1. The summed E-state index contributed by atoms with van der Waals surface area (Å²) in [5.74, 6) is 0.227. The fraction of sp³-hybridized carbons (Fsp3) is 0.158. The van der Waals surface area contributed by atoms with Crippen LogP contribution in [0.4, 0.5) is 0 Å². The van der Waals surface area contributed by atoms with Crippen LogP contribution in [0.2, 0.25) is 0 Å². The summed E-state index contributed by atoms with van der Waals surface area (Å²) in [5, 5.41) is 14.5. The van der Waals surface area contributed by atoms with Gasteiger partial charge in [0.2, 0.25) is 0 Å². The van der Waals surface area contributed by atoms with Crippen molar-refractivity contribution < 1.29 is 5.11 Å². The van der Waals surface area contributed by atoms with E-state index in [1.807, 2.05) is 41.9 Å². The van der Waals surface area contributed by atoms with Crippen LogP contribution >= 0.6 is 22.7 Å². The summed E-state index contributed by atoms with van der Waals surface area (Å²) < 4.78 is 0. The van der Waals surface area contributed by atoms with Crippen LogP contribution in [0.3, 0.4) is 0 Å². The van der Waals surface area contributed by atoms with Crippen LogP contribution in [0, 0.1) is 6.92 Å². The second-order valence-corrected chi connectivity index (χ2v) is 7.45. The van der Waals surface area contributed by atoms with E-state index in [1.54, 1.807) is 35.1 Å². The van der Waals surface area contributed by atoms with E-state index in [2.05, 4.69) is 22.1 Å². The molecule has 1 N–H and O–H groups in total. The van der Waals surface area contributed by atoms with Crippen molar-refractivity contribution in [3.63, 3.8) is 0 Å². The van der Waals surface area contributed by atoms with Crippen LogP contribution in [0.25, 0.3) is 0 Å². The lowest BCUT2D eigenvalue weighted by Crippen LogP contribution is -1.92. The molecule has 24 heavy (non-hydrogen) atoms. The molecule has 0 saturated heterocycles. The van der Waals surface area contributed by atoms with E-state index in [0.717, 1.165) is 16.7 Å². The predicted molar refractivity (Wildman–Crippen MR) is 104 cm³/mol. The molecule has 0 unspecified atom stereocenters. The van der Waals surface area contributed by atoms with E-state index >= 15 is 0 Å². The summed E-state index contributed by atoms with van der Waals surface area (Å²) in [6.07, 6.45) is 3.47. The Hall–Kier alpha value is -2.24. The van der Waals surface area contributed by atoms with Crippen LogP contribution < -0.4 is 0 Å². The van der Waals surface area contributed by atoms with Crippen LogP contribution in [-0.2, 0) is 13.1 Å². The second-order valence-electron chi connectivity index (χ2n) is 5.39. The van der Waals surface area contributed by atoms with Crippen molar-refractivity contribution in [2.45, 2.75) is 20.0 Å². The first-order valence-corrected chi connectivity index (χ1v) is 9.36. The molecule has 0 bridgehead atoms. The van der Waals surface area contributed by atoms with Gasteiger partial charge in [-0.3, -0.25) is 9.98 Å². The van der Waals surface area contributed by atoms with E-state index in [-0.39, 0.29) is 5.75 Å². The van der Waals surface area contributed by atoms with Gasteiger partial charge in [0.05, 0.1) is 13.1 Å². The fourth-order valence-electron chi connectivity index (χ4n) is 2.31. The minimum Gasteiger partial charge on any atom is -0.507 e. The number of thiophene rings is 2. The third kappa shape index (κ3) is 4.40. The average molecular weight is 355 g/mol. The van der Waals surface area contributed by atoms with Gasteiger partial charge in [-0.05, 0) is 47.5 Å². The molecule has 0 aliphatic heterocycles. The molecule has 2 heterocycles. The predicted octanol–water partition coefficient (Wildman–Crippen LogP) is 5.06. The number of phenols is 1. The normalized spacial score (nSPS) is 11.7. The van der Waals surface area contributed by atoms with Crippen molar-refractivity contribution in [2.75, 3.05) is 0 Å². The number of phenolic OH excluding ortho intramolecular Hbond substituents is 1. The monoisotopic (exact) mass is 354 g/mol. The van der Waals surface area contributed by atoms with Gasteiger partial charge in [0.15, 0.2) is 0 Å². The highest BCUT2D eigenvalue weighted by Crippen LogP contribution is 2.22. The van der Waals surface area contributed by atoms with Gasteiger partial charge >= 0.3 is 0 Å². The standard InChI is InChI=1S/C19H18N2OS2/c1-14-8-15(10-20-12-17-4-2-6-23-17)19(22)16(9-14)11-21-13-18-5-3-7-24-18/h2-11,22H,12-13H2,1H3. The lowest BCUT2D eigenvalue weighted by atomic mass is 10.1. The SMILES string of the molecule is Cc1cc(C=NCc2cccs2)c(O)c(C=NCc2cccs2)c1. The zero-order valence-electron chi connectivity index (χ0n) is 13.3. The van der Waals surface area contributed by atoms with E-state index in [1.165, 1.54) is 9.75 Å². The Balaban J connectivity index is 1.74. The first kappa shape index (κ1) is 16.6. The highest BCUT2D eigenvalue weighted by Gasteiger charge is 2.05. The van der Waals surface area contributed by atoms with Gasteiger partial charge < -0.3 is 5.11 Å². The first-order valence-electron chi connectivity index (χ1n) is 7.60. The Morgan fingerprint density at radius 1 is 0.917 bits per heavy atom. The lowest BCUT2D eigenvalue weighted by molar-refractivity contribution is 0.473. The summed E-state index contributed by atoms with van der Waals surface area (Å²) in [7, 11) is 0. The Morgan fingerprint density at radius 2 is 1.42 bits per heavy atom. The lowest BCUT2D eigenvalue weighted by Gasteiger charge is -2.05. The number of benzene rings is 1. The topological polar surface area (TPSA) is 45.0 Å². The molecule has 0 fully saturated rings. The third-order valence-electron chi connectivity index (χ3n) is 3.43. The Morgan fingerprint density at radius 3 is 1.83 bits per heavy atom. The molecule has 1 aromatic carbocycles. The van der Waals surface area contributed by atoms with Crippen molar-refractivity contribution in [1.29, 1.82) is 0 Å². The van der Waals surface area contributed by atoms with Gasteiger partial charge in [-0.1, -0.05) is 12.1 Å². The van der Waals surface area contributed by atoms with Gasteiger partial charge in [0, 0.05) is 33.3 Å². The molecular formula is C19H18N2OS2. The molecule has 122 valence electrons. The second kappa shape index (κ2) is 8.04. The van der Waals surface area contributed by atoms with Gasteiger partial charge in [-0.2, -0.15) is 0 Å². The fourth-order valence-corrected chi connectivity index (χ4v) is 3.58. The third-order valence-corrected chi connectivity index (χ3v) is 5.15. The molecular weight excluding hydrogens is 336 g/mol. The molecule has 0 aliphatic carbocycles. The maximum Gasteiger partial charge on any atom is 0.133 e. The van der Waals surface area contributed by atoms with E-state index in [0.29, 0.717) is 13.1 Å². The van der Waals surface area contributed by atoms with Crippen molar-refractivity contribution in [3.05, 3.63) is 73.6 Å². The van der Waals surface area contributed by atoms with E-state index in [4.69, 9.17) is 0 Å². The van der Waals surface area contributed by atoms with E-state index < -0.39 is 0 Å². The van der Waals surface area contributed by atoms with Gasteiger partial charge in [0.1, 0.15) is 5.75 Å². The number of aryl methyl sites for hydroxylation is 1. The number of hydrogen-bond donors (Lipinski definition) is 1. The van der Waals surface area contributed by atoms with Crippen LogP contribution in [0.5, 0.6) is 5.75 Å². The van der Waals surface area contributed by atoms with Gasteiger partial charge in [-0.15, -0.1) is 22.7 Å². The molecule has 2 aromatic heterocycles. The van der Waals surface area contributed by atoms with Crippen LogP contribution in [0.1, 0.15) is 26.4 Å².